The van der Waals surface area contributed by atoms with Crippen molar-refractivity contribution in [3.63, 3.8) is 0 Å². The number of ether oxygens (including phenoxy) is 1. The van der Waals surface area contributed by atoms with Crippen LogP contribution in [0.1, 0.15) is 67.1 Å². The number of carbonyl (C=O) groups is 2. The minimum Gasteiger partial charge on any atom is -0.450 e. The lowest BCUT2D eigenvalue weighted by molar-refractivity contribution is 0.0966. The second-order valence-corrected chi connectivity index (χ2v) is 8.67. The molecule has 2 atom stereocenters. The first-order valence-corrected chi connectivity index (χ1v) is 11.8. The van der Waals surface area contributed by atoms with Gasteiger partial charge in [0.1, 0.15) is 11.4 Å². The van der Waals surface area contributed by atoms with Gasteiger partial charge in [-0.3, -0.25) is 4.79 Å². The summed E-state index contributed by atoms with van der Waals surface area (Å²) in [4.78, 5) is 33.9. The van der Waals surface area contributed by atoms with Crippen LogP contribution in [0.3, 0.4) is 0 Å². The van der Waals surface area contributed by atoms with Gasteiger partial charge in [-0.1, -0.05) is 38.3 Å². The van der Waals surface area contributed by atoms with Crippen LogP contribution in [-0.4, -0.2) is 40.7 Å². The lowest BCUT2D eigenvalue weighted by atomic mass is 9.90. The summed E-state index contributed by atoms with van der Waals surface area (Å²) in [5, 5.41) is 12.5. The number of rotatable bonds is 8. The van der Waals surface area contributed by atoms with Crippen molar-refractivity contribution in [1.29, 1.82) is 0 Å². The van der Waals surface area contributed by atoms with Crippen molar-refractivity contribution >= 4 is 29.5 Å². The molecule has 4 N–H and O–H groups in total. The van der Waals surface area contributed by atoms with Crippen LogP contribution in [-0.2, 0) is 11.3 Å². The van der Waals surface area contributed by atoms with Crippen LogP contribution >= 0.6 is 0 Å². The van der Waals surface area contributed by atoms with Gasteiger partial charge in [-0.15, -0.1) is 0 Å². The molecule has 1 aliphatic carbocycles. The zero-order valence-electron chi connectivity index (χ0n) is 19.2. The number of unbranched alkanes of at least 4 members (excludes halogenated alkanes) is 1. The highest BCUT2D eigenvalue weighted by Gasteiger charge is 2.30. The summed E-state index contributed by atoms with van der Waals surface area (Å²) in [6.45, 7) is 4.86. The number of anilines is 3. The van der Waals surface area contributed by atoms with Gasteiger partial charge in [0.15, 0.2) is 0 Å². The fourth-order valence-corrected chi connectivity index (χ4v) is 4.29. The van der Waals surface area contributed by atoms with Crippen molar-refractivity contribution in [2.45, 2.75) is 71.0 Å². The highest BCUT2D eigenvalue weighted by atomic mass is 16.5. The van der Waals surface area contributed by atoms with E-state index in [4.69, 9.17) is 4.74 Å². The van der Waals surface area contributed by atoms with Crippen molar-refractivity contribution in [3.05, 3.63) is 41.1 Å². The minimum absolute atomic E-state index is 0.0209. The Bertz CT molecular complexity index is 1010. The van der Waals surface area contributed by atoms with Gasteiger partial charge in [-0.05, 0) is 43.9 Å². The number of aromatic nitrogens is 2. The molecule has 1 aliphatic heterocycles. The number of benzene rings is 1. The van der Waals surface area contributed by atoms with Crippen LogP contribution in [0.5, 0.6) is 0 Å². The quantitative estimate of drug-likeness (QED) is 0.447. The molecule has 0 unspecified atom stereocenters. The second-order valence-electron chi connectivity index (χ2n) is 8.67. The molecular formula is C24H32N6O3. The summed E-state index contributed by atoms with van der Waals surface area (Å²) in [6, 6.07) is 7.81. The third kappa shape index (κ3) is 5.71. The van der Waals surface area contributed by atoms with Crippen LogP contribution in [0.25, 0.3) is 0 Å². The summed E-state index contributed by atoms with van der Waals surface area (Å²) in [6.07, 6.45) is 5.30. The summed E-state index contributed by atoms with van der Waals surface area (Å²) in [5.41, 5.74) is 3.09. The summed E-state index contributed by atoms with van der Waals surface area (Å²) < 4.78 is 5.29. The first kappa shape index (κ1) is 22.8. The molecule has 0 bridgehead atoms. The number of aryl methyl sites for hydroxylation is 1. The van der Waals surface area contributed by atoms with Gasteiger partial charge in [-0.2, -0.15) is 4.98 Å². The largest absolute Gasteiger partial charge is 0.450 e. The standard InChI is InChI=1S/C24H32N6O3/c1-3-4-12-33-24(32)29-18-11-6-5-10-17(18)27-23-28-19-14-25-22(31)20(19)21(30-23)26-16-9-7-8-15(2)13-16/h7-9,13,17-18H,3-6,10-12,14H2,1-2H3,(H,25,31)(H,29,32)(H2,26,27,28,30)/t17-,18+/m1/s1. The highest BCUT2D eigenvalue weighted by Crippen LogP contribution is 2.28. The van der Waals surface area contributed by atoms with E-state index in [1.807, 2.05) is 31.2 Å². The van der Waals surface area contributed by atoms with Gasteiger partial charge in [0.05, 0.1) is 24.9 Å². The predicted octanol–water partition coefficient (Wildman–Crippen LogP) is 4.02. The number of hydrogen-bond donors (Lipinski definition) is 4. The molecular weight excluding hydrogens is 420 g/mol. The predicted molar refractivity (Wildman–Crippen MR) is 127 cm³/mol. The lowest BCUT2D eigenvalue weighted by Gasteiger charge is -2.32. The molecule has 1 aromatic carbocycles. The topological polar surface area (TPSA) is 117 Å². The normalized spacial score (nSPS) is 19.4. The number of nitrogens with zero attached hydrogens (tertiary/aromatic N) is 2. The van der Waals surface area contributed by atoms with Crippen LogP contribution < -0.4 is 21.3 Å². The maximum absolute atomic E-state index is 12.4. The fourth-order valence-electron chi connectivity index (χ4n) is 4.29. The smallest absolute Gasteiger partial charge is 0.407 e. The molecule has 2 aromatic rings. The van der Waals surface area contributed by atoms with Gasteiger partial charge >= 0.3 is 6.09 Å². The first-order valence-electron chi connectivity index (χ1n) is 11.8. The van der Waals surface area contributed by atoms with Crippen LogP contribution in [0, 0.1) is 6.92 Å². The molecule has 0 spiro atoms. The lowest BCUT2D eigenvalue weighted by Crippen LogP contribution is -2.49. The molecule has 0 saturated heterocycles. The summed E-state index contributed by atoms with van der Waals surface area (Å²) in [5.74, 6) is 0.736. The Morgan fingerprint density at radius 3 is 2.82 bits per heavy atom. The van der Waals surface area contributed by atoms with Gasteiger partial charge in [0.2, 0.25) is 5.95 Å². The van der Waals surface area contributed by atoms with E-state index >= 15 is 0 Å². The van der Waals surface area contributed by atoms with E-state index in [2.05, 4.69) is 38.2 Å². The number of alkyl carbamates (subject to hydrolysis) is 1. The number of nitrogens with one attached hydrogen (secondary N) is 4. The Balaban J connectivity index is 1.52. The molecule has 1 aromatic heterocycles. The first-order chi connectivity index (χ1) is 16.0. The molecule has 1 saturated carbocycles. The van der Waals surface area contributed by atoms with Gasteiger partial charge in [-0.25, -0.2) is 9.78 Å². The number of fused-ring (bicyclic) bond motifs is 1. The molecule has 1 fully saturated rings. The van der Waals surface area contributed by atoms with E-state index in [-0.39, 0.29) is 24.1 Å². The molecule has 9 heteroatoms. The van der Waals surface area contributed by atoms with Crippen LogP contribution in [0.15, 0.2) is 24.3 Å². The third-order valence-corrected chi connectivity index (χ3v) is 6.02. The van der Waals surface area contributed by atoms with Gasteiger partial charge in [0.25, 0.3) is 5.91 Å². The average Bonchev–Trinajstić information content (AvgIpc) is 3.16. The molecule has 9 nitrogen and oxygen atoms in total. The maximum Gasteiger partial charge on any atom is 0.407 e. The van der Waals surface area contributed by atoms with E-state index in [0.29, 0.717) is 36.2 Å². The van der Waals surface area contributed by atoms with Crippen LogP contribution in [0.4, 0.5) is 22.2 Å². The zero-order chi connectivity index (χ0) is 23.2. The second kappa shape index (κ2) is 10.5. The molecule has 2 heterocycles. The van der Waals surface area contributed by atoms with E-state index in [1.54, 1.807) is 0 Å². The van der Waals surface area contributed by atoms with Crippen molar-refractivity contribution in [1.82, 2.24) is 20.6 Å². The Kier molecular flexibility index (Phi) is 7.26. The highest BCUT2D eigenvalue weighted by molar-refractivity contribution is 6.02. The molecule has 33 heavy (non-hydrogen) atoms. The molecule has 2 amide bonds. The van der Waals surface area contributed by atoms with Crippen molar-refractivity contribution in [3.8, 4) is 0 Å². The Morgan fingerprint density at radius 1 is 1.21 bits per heavy atom. The third-order valence-electron chi connectivity index (χ3n) is 6.02. The van der Waals surface area contributed by atoms with Gasteiger partial charge in [0, 0.05) is 11.7 Å². The van der Waals surface area contributed by atoms with Crippen molar-refractivity contribution in [2.24, 2.45) is 0 Å². The van der Waals surface area contributed by atoms with E-state index in [0.717, 1.165) is 49.8 Å². The summed E-state index contributed by atoms with van der Waals surface area (Å²) in [7, 11) is 0. The van der Waals surface area contributed by atoms with Crippen molar-refractivity contribution < 1.29 is 14.3 Å². The maximum atomic E-state index is 12.4. The Hall–Kier alpha value is -3.36. The number of amides is 2. The summed E-state index contributed by atoms with van der Waals surface area (Å²) >= 11 is 0. The monoisotopic (exact) mass is 452 g/mol. The Morgan fingerprint density at radius 2 is 2.03 bits per heavy atom. The van der Waals surface area contributed by atoms with Crippen LogP contribution in [0.2, 0.25) is 0 Å². The Labute approximate surface area is 194 Å². The SMILES string of the molecule is CCCCOC(=O)N[C@H]1CCCC[C@H]1Nc1nc2c(c(Nc3cccc(C)c3)n1)C(=O)NC2. The number of carbonyl (C=O) groups excluding carboxylic acids is 2. The minimum atomic E-state index is -0.381. The van der Waals surface area contributed by atoms with Crippen molar-refractivity contribution in [2.75, 3.05) is 17.2 Å². The molecule has 2 aliphatic rings. The molecule has 176 valence electrons. The molecule has 0 radical (unpaired) electrons. The van der Waals surface area contributed by atoms with E-state index in [1.165, 1.54) is 0 Å². The van der Waals surface area contributed by atoms with Gasteiger partial charge < -0.3 is 26.0 Å². The average molecular weight is 453 g/mol. The number of hydrogen-bond acceptors (Lipinski definition) is 7. The zero-order valence-corrected chi connectivity index (χ0v) is 19.2. The van der Waals surface area contributed by atoms with E-state index in [9.17, 15) is 9.59 Å². The molecule has 4 rings (SSSR count). The van der Waals surface area contributed by atoms with E-state index < -0.39 is 0 Å². The fraction of sp³-hybridized carbons (Fsp3) is 0.500.